The number of carboxylic acid groups (broad SMARTS) is 1. The molecule has 0 atom stereocenters. The van der Waals surface area contributed by atoms with Crippen LogP contribution in [0.15, 0.2) is 16.8 Å². The second-order valence-electron chi connectivity index (χ2n) is 5.10. The molecule has 6 heteroatoms. The van der Waals surface area contributed by atoms with Crippen molar-refractivity contribution in [3.05, 3.63) is 18.0 Å². The highest BCUT2D eigenvalue weighted by molar-refractivity contribution is 5.92. The lowest BCUT2D eigenvalue weighted by atomic mass is 9.78. The normalized spacial score (nSPS) is 17.9. The fourth-order valence-corrected chi connectivity index (χ4v) is 2.83. The van der Waals surface area contributed by atoms with Gasteiger partial charge in [-0.05, 0) is 12.8 Å². The van der Waals surface area contributed by atoms with Gasteiger partial charge in [-0.3, -0.25) is 9.59 Å². The molecule has 2 rings (SSSR count). The minimum Gasteiger partial charge on any atom is -0.481 e. The van der Waals surface area contributed by atoms with E-state index in [0.29, 0.717) is 0 Å². The van der Waals surface area contributed by atoms with Gasteiger partial charge in [0, 0.05) is 13.1 Å². The Morgan fingerprint density at radius 3 is 2.63 bits per heavy atom. The number of amides is 1. The quantitative estimate of drug-likeness (QED) is 0.900. The molecule has 1 aliphatic carbocycles. The van der Waals surface area contributed by atoms with Crippen molar-refractivity contribution in [3.63, 3.8) is 0 Å². The second kappa shape index (κ2) is 5.42. The molecule has 1 heterocycles. The van der Waals surface area contributed by atoms with Gasteiger partial charge in [0.25, 0.3) is 5.91 Å². The van der Waals surface area contributed by atoms with Crippen molar-refractivity contribution in [3.8, 4) is 0 Å². The molecule has 19 heavy (non-hydrogen) atoms. The Bertz CT molecular complexity index is 449. The zero-order chi connectivity index (χ0) is 13.9. The molecule has 1 saturated carbocycles. The summed E-state index contributed by atoms with van der Waals surface area (Å²) >= 11 is 0. The largest absolute Gasteiger partial charge is 0.481 e. The minimum absolute atomic E-state index is 0.0244. The molecule has 0 radical (unpaired) electrons. The van der Waals surface area contributed by atoms with E-state index in [2.05, 4.69) is 5.16 Å². The van der Waals surface area contributed by atoms with Crippen molar-refractivity contribution in [1.82, 2.24) is 10.1 Å². The van der Waals surface area contributed by atoms with Crippen molar-refractivity contribution in [1.29, 1.82) is 0 Å². The van der Waals surface area contributed by atoms with Crippen LogP contribution in [-0.4, -0.2) is 39.6 Å². The number of carbonyl (C=O) groups is 2. The summed E-state index contributed by atoms with van der Waals surface area (Å²) in [6.45, 7) is 0. The third kappa shape index (κ3) is 2.77. The Morgan fingerprint density at radius 1 is 1.42 bits per heavy atom. The smallest absolute Gasteiger partial charge is 0.305 e. The summed E-state index contributed by atoms with van der Waals surface area (Å²) in [6.07, 6.45) is 5.80. The van der Waals surface area contributed by atoms with Crippen LogP contribution >= 0.6 is 0 Å². The maximum Gasteiger partial charge on any atom is 0.305 e. The summed E-state index contributed by atoms with van der Waals surface area (Å²) < 4.78 is 4.87. The van der Waals surface area contributed by atoms with E-state index >= 15 is 0 Å². The standard InChI is InChI=1S/C13H18N2O4/c1-15(12(18)10-5-8-14-19-10)13(9-11(16)17)6-3-2-4-7-13/h5,8H,2-4,6-7,9H2,1H3,(H,16,17). The molecular weight excluding hydrogens is 248 g/mol. The molecule has 1 aromatic rings. The van der Waals surface area contributed by atoms with Gasteiger partial charge in [-0.15, -0.1) is 0 Å². The molecule has 1 fully saturated rings. The Morgan fingerprint density at radius 2 is 2.11 bits per heavy atom. The summed E-state index contributed by atoms with van der Waals surface area (Å²) in [4.78, 5) is 24.9. The molecule has 0 aromatic carbocycles. The van der Waals surface area contributed by atoms with Crippen molar-refractivity contribution < 1.29 is 19.2 Å². The number of carbonyl (C=O) groups excluding carboxylic acids is 1. The van der Waals surface area contributed by atoms with Crippen LogP contribution in [-0.2, 0) is 4.79 Å². The third-order valence-corrected chi connectivity index (χ3v) is 3.93. The highest BCUT2D eigenvalue weighted by Gasteiger charge is 2.41. The number of aromatic nitrogens is 1. The highest BCUT2D eigenvalue weighted by atomic mass is 16.5. The zero-order valence-corrected chi connectivity index (χ0v) is 11.0. The summed E-state index contributed by atoms with van der Waals surface area (Å²) in [5.41, 5.74) is -0.603. The first-order valence-corrected chi connectivity index (χ1v) is 6.46. The number of nitrogens with zero attached hydrogens (tertiary/aromatic N) is 2. The molecule has 0 bridgehead atoms. The SMILES string of the molecule is CN(C(=O)c1ccno1)C1(CC(=O)O)CCCCC1. The minimum atomic E-state index is -0.876. The number of aliphatic carboxylic acids is 1. The average molecular weight is 266 g/mol. The molecule has 0 unspecified atom stereocenters. The van der Waals surface area contributed by atoms with Crippen molar-refractivity contribution in [2.45, 2.75) is 44.1 Å². The first-order chi connectivity index (χ1) is 9.05. The van der Waals surface area contributed by atoms with Crippen LogP contribution in [0.5, 0.6) is 0 Å². The molecule has 0 aliphatic heterocycles. The second-order valence-corrected chi connectivity index (χ2v) is 5.10. The van der Waals surface area contributed by atoms with Gasteiger partial charge in [0.2, 0.25) is 5.76 Å². The number of carboxylic acids is 1. The van der Waals surface area contributed by atoms with Crippen molar-refractivity contribution in [2.24, 2.45) is 0 Å². The van der Waals surface area contributed by atoms with Crippen LogP contribution < -0.4 is 0 Å². The van der Waals surface area contributed by atoms with Gasteiger partial charge in [0.1, 0.15) is 0 Å². The van der Waals surface area contributed by atoms with Gasteiger partial charge in [-0.2, -0.15) is 0 Å². The topological polar surface area (TPSA) is 83.6 Å². The Hall–Kier alpha value is -1.85. The molecule has 1 aliphatic rings. The highest BCUT2D eigenvalue weighted by Crippen LogP contribution is 2.36. The fraction of sp³-hybridized carbons (Fsp3) is 0.615. The molecule has 1 amide bonds. The first kappa shape index (κ1) is 13.6. The molecule has 0 spiro atoms. The fourth-order valence-electron chi connectivity index (χ4n) is 2.83. The maximum absolute atomic E-state index is 12.3. The third-order valence-electron chi connectivity index (χ3n) is 3.93. The summed E-state index contributed by atoms with van der Waals surface area (Å²) in [5.74, 6) is -1.03. The predicted octanol–water partition coefficient (Wildman–Crippen LogP) is 1.92. The van der Waals surface area contributed by atoms with Crippen molar-refractivity contribution >= 4 is 11.9 Å². The van der Waals surface area contributed by atoms with Gasteiger partial charge in [-0.1, -0.05) is 24.4 Å². The number of rotatable bonds is 4. The van der Waals surface area contributed by atoms with Crippen LogP contribution in [0.25, 0.3) is 0 Å². The lowest BCUT2D eigenvalue weighted by Gasteiger charge is -2.43. The Kier molecular flexibility index (Phi) is 3.87. The van der Waals surface area contributed by atoms with Gasteiger partial charge in [0.05, 0.1) is 18.2 Å². The van der Waals surface area contributed by atoms with E-state index in [1.165, 1.54) is 17.2 Å². The average Bonchev–Trinajstić information content (AvgIpc) is 2.91. The van der Waals surface area contributed by atoms with E-state index in [1.807, 2.05) is 0 Å². The summed E-state index contributed by atoms with van der Waals surface area (Å²) in [6, 6.07) is 1.50. The Labute approximate surface area is 111 Å². The number of hydrogen-bond donors (Lipinski definition) is 1. The summed E-state index contributed by atoms with van der Waals surface area (Å²) in [7, 11) is 1.65. The van der Waals surface area contributed by atoms with Crippen LogP contribution in [0.1, 0.15) is 49.1 Å². The molecular formula is C13H18N2O4. The monoisotopic (exact) mass is 266 g/mol. The molecule has 104 valence electrons. The Balaban J connectivity index is 2.22. The van der Waals surface area contributed by atoms with Crippen LogP contribution in [0.3, 0.4) is 0 Å². The van der Waals surface area contributed by atoms with Crippen LogP contribution in [0.4, 0.5) is 0 Å². The molecule has 0 saturated heterocycles. The molecule has 1 N–H and O–H groups in total. The zero-order valence-electron chi connectivity index (χ0n) is 11.0. The van der Waals surface area contributed by atoms with Gasteiger partial charge in [0.15, 0.2) is 0 Å². The van der Waals surface area contributed by atoms with Crippen LogP contribution in [0.2, 0.25) is 0 Å². The van der Waals surface area contributed by atoms with E-state index < -0.39 is 11.5 Å². The van der Waals surface area contributed by atoms with Gasteiger partial charge >= 0.3 is 5.97 Å². The van der Waals surface area contributed by atoms with Crippen LogP contribution in [0, 0.1) is 0 Å². The van der Waals surface area contributed by atoms with Gasteiger partial charge in [-0.25, -0.2) is 0 Å². The van der Waals surface area contributed by atoms with E-state index in [4.69, 9.17) is 9.63 Å². The molecule has 6 nitrogen and oxygen atoms in total. The lowest BCUT2D eigenvalue weighted by Crippen LogP contribution is -2.52. The van der Waals surface area contributed by atoms with E-state index in [1.54, 1.807) is 7.05 Å². The summed E-state index contributed by atoms with van der Waals surface area (Å²) in [5, 5.41) is 12.6. The maximum atomic E-state index is 12.3. The molecule has 1 aromatic heterocycles. The predicted molar refractivity (Wildman–Crippen MR) is 66.7 cm³/mol. The van der Waals surface area contributed by atoms with Gasteiger partial charge < -0.3 is 14.5 Å². The van der Waals surface area contributed by atoms with E-state index in [0.717, 1.165) is 32.1 Å². The van der Waals surface area contributed by atoms with Crippen molar-refractivity contribution in [2.75, 3.05) is 7.05 Å². The number of hydrogen-bond acceptors (Lipinski definition) is 4. The van der Waals surface area contributed by atoms with E-state index in [9.17, 15) is 9.59 Å². The first-order valence-electron chi connectivity index (χ1n) is 6.46. The lowest BCUT2D eigenvalue weighted by molar-refractivity contribution is -0.140. The van der Waals surface area contributed by atoms with E-state index in [-0.39, 0.29) is 18.1 Å².